The summed E-state index contributed by atoms with van der Waals surface area (Å²) < 4.78 is 0. The van der Waals surface area contributed by atoms with Crippen molar-refractivity contribution in [2.45, 2.75) is 32.1 Å². The minimum absolute atomic E-state index is 0.537. The van der Waals surface area contributed by atoms with Gasteiger partial charge in [0.15, 0.2) is 0 Å². The van der Waals surface area contributed by atoms with Crippen molar-refractivity contribution in [1.29, 1.82) is 5.26 Å². The van der Waals surface area contributed by atoms with Gasteiger partial charge in [-0.3, -0.25) is 0 Å². The van der Waals surface area contributed by atoms with Crippen molar-refractivity contribution < 1.29 is 0 Å². The predicted octanol–water partition coefficient (Wildman–Crippen LogP) is 1.62. The number of anilines is 1. The third kappa shape index (κ3) is 2.31. The van der Waals surface area contributed by atoms with E-state index in [9.17, 15) is 5.26 Å². The Morgan fingerprint density at radius 3 is 3.11 bits per heavy atom. The number of rotatable bonds is 2. The van der Waals surface area contributed by atoms with E-state index in [1.165, 1.54) is 24.1 Å². The second kappa shape index (κ2) is 5.18. The number of aryl methyl sites for hydroxylation is 2. The molecule has 0 radical (unpaired) electrons. The number of aromatic nitrogens is 1. The topological polar surface area (TPSA) is 65.9 Å². The zero-order valence-electron chi connectivity index (χ0n) is 11.2. The largest absolute Gasteiger partial charge is 0.355 e. The van der Waals surface area contributed by atoms with Crippen LogP contribution in [0.25, 0.3) is 0 Å². The number of nitrogens with zero attached hydrogens (tertiary/aromatic N) is 3. The van der Waals surface area contributed by atoms with Crippen LogP contribution >= 0.6 is 0 Å². The van der Waals surface area contributed by atoms with Crippen LogP contribution in [0, 0.1) is 17.2 Å². The molecular weight excluding hydrogens is 236 g/mol. The molecule has 2 N–H and O–H groups in total. The third-order valence-corrected chi connectivity index (χ3v) is 4.30. The van der Waals surface area contributed by atoms with Gasteiger partial charge in [-0.1, -0.05) is 0 Å². The number of nitriles is 1. The summed E-state index contributed by atoms with van der Waals surface area (Å²) in [6.45, 7) is 2.66. The highest BCUT2D eigenvalue weighted by Crippen LogP contribution is 2.29. The van der Waals surface area contributed by atoms with Crippen LogP contribution in [0.1, 0.15) is 36.1 Å². The monoisotopic (exact) mass is 256 g/mol. The van der Waals surface area contributed by atoms with E-state index in [2.05, 4.69) is 17.0 Å². The molecule has 1 aliphatic heterocycles. The Morgan fingerprint density at radius 1 is 1.42 bits per heavy atom. The van der Waals surface area contributed by atoms with Crippen molar-refractivity contribution >= 4 is 5.82 Å². The van der Waals surface area contributed by atoms with Gasteiger partial charge in [0.2, 0.25) is 0 Å². The van der Waals surface area contributed by atoms with Gasteiger partial charge in [-0.15, -0.1) is 0 Å². The molecule has 1 aromatic rings. The van der Waals surface area contributed by atoms with E-state index in [0.29, 0.717) is 5.92 Å². The van der Waals surface area contributed by atoms with Gasteiger partial charge in [0, 0.05) is 18.8 Å². The fraction of sp³-hybridized carbons (Fsp3) is 0.600. The van der Waals surface area contributed by atoms with Crippen LogP contribution in [0.15, 0.2) is 6.07 Å². The van der Waals surface area contributed by atoms with Crippen LogP contribution < -0.4 is 10.6 Å². The number of fused-ring (bicyclic) bond motifs is 1. The molecule has 1 aliphatic carbocycles. The van der Waals surface area contributed by atoms with E-state index in [4.69, 9.17) is 10.7 Å². The van der Waals surface area contributed by atoms with E-state index < -0.39 is 0 Å². The molecule has 2 aliphatic rings. The maximum atomic E-state index is 9.36. The lowest BCUT2D eigenvalue weighted by Crippen LogP contribution is -2.39. The van der Waals surface area contributed by atoms with Crippen LogP contribution in [0.3, 0.4) is 0 Å². The van der Waals surface area contributed by atoms with Gasteiger partial charge in [-0.25, -0.2) is 4.98 Å². The Balaban J connectivity index is 1.93. The lowest BCUT2D eigenvalue weighted by molar-refractivity contribution is 0.421. The Morgan fingerprint density at radius 2 is 2.32 bits per heavy atom. The van der Waals surface area contributed by atoms with Gasteiger partial charge in [0.05, 0.1) is 5.56 Å². The van der Waals surface area contributed by atoms with E-state index in [0.717, 1.165) is 50.3 Å². The summed E-state index contributed by atoms with van der Waals surface area (Å²) in [6, 6.07) is 4.37. The first-order chi connectivity index (χ1) is 9.31. The molecule has 1 fully saturated rings. The van der Waals surface area contributed by atoms with Crippen LogP contribution in [0.4, 0.5) is 5.82 Å². The number of piperidine rings is 1. The first-order valence-electron chi connectivity index (χ1n) is 7.19. The number of hydrogen-bond donors (Lipinski definition) is 1. The quantitative estimate of drug-likeness (QED) is 0.873. The smallest absolute Gasteiger partial charge is 0.146 e. The molecule has 4 heteroatoms. The highest BCUT2D eigenvalue weighted by atomic mass is 15.2. The standard InChI is InChI=1S/C15H20N4/c16-8-11-3-2-6-19(10-11)15-13(9-17)7-12-4-1-5-14(12)18-15/h7,11H,1-6,8,10,16H2. The normalized spacial score (nSPS) is 22.1. The van der Waals surface area contributed by atoms with Crippen molar-refractivity contribution in [1.82, 2.24) is 4.98 Å². The average molecular weight is 256 g/mol. The van der Waals surface area contributed by atoms with Crippen LogP contribution in [0.5, 0.6) is 0 Å². The number of nitrogens with two attached hydrogens (primary N) is 1. The molecule has 100 valence electrons. The zero-order valence-corrected chi connectivity index (χ0v) is 11.2. The highest BCUT2D eigenvalue weighted by Gasteiger charge is 2.24. The minimum Gasteiger partial charge on any atom is -0.355 e. The number of hydrogen-bond acceptors (Lipinski definition) is 4. The van der Waals surface area contributed by atoms with Gasteiger partial charge in [0.1, 0.15) is 11.9 Å². The molecule has 2 heterocycles. The van der Waals surface area contributed by atoms with Gasteiger partial charge < -0.3 is 10.6 Å². The summed E-state index contributed by atoms with van der Waals surface area (Å²) in [5.41, 5.74) is 9.00. The predicted molar refractivity (Wildman–Crippen MR) is 75.0 cm³/mol. The summed E-state index contributed by atoms with van der Waals surface area (Å²) in [5.74, 6) is 1.43. The van der Waals surface area contributed by atoms with Gasteiger partial charge in [-0.05, 0) is 56.2 Å². The second-order valence-corrected chi connectivity index (χ2v) is 5.62. The molecule has 1 atom stereocenters. The fourth-order valence-electron chi connectivity index (χ4n) is 3.23. The van der Waals surface area contributed by atoms with Crippen molar-refractivity contribution in [2.75, 3.05) is 24.5 Å². The van der Waals surface area contributed by atoms with E-state index in [1.807, 2.05) is 0 Å². The first-order valence-corrected chi connectivity index (χ1v) is 7.19. The molecule has 1 aromatic heterocycles. The van der Waals surface area contributed by atoms with Crippen molar-refractivity contribution in [3.8, 4) is 6.07 Å². The molecule has 19 heavy (non-hydrogen) atoms. The molecule has 3 rings (SSSR count). The Kier molecular flexibility index (Phi) is 3.39. The summed E-state index contributed by atoms with van der Waals surface area (Å²) in [5, 5.41) is 9.36. The Hall–Kier alpha value is -1.60. The molecule has 1 unspecified atom stereocenters. The molecule has 1 saturated heterocycles. The first kappa shape index (κ1) is 12.4. The average Bonchev–Trinajstić information content (AvgIpc) is 2.93. The molecule has 0 aromatic carbocycles. The van der Waals surface area contributed by atoms with Gasteiger partial charge in [-0.2, -0.15) is 5.26 Å². The molecular formula is C15H20N4. The van der Waals surface area contributed by atoms with Crippen LogP contribution in [-0.2, 0) is 12.8 Å². The minimum atomic E-state index is 0.537. The van der Waals surface area contributed by atoms with Crippen LogP contribution in [0.2, 0.25) is 0 Å². The van der Waals surface area contributed by atoms with E-state index in [-0.39, 0.29) is 0 Å². The summed E-state index contributed by atoms with van der Waals surface area (Å²) in [7, 11) is 0. The summed E-state index contributed by atoms with van der Waals surface area (Å²) in [4.78, 5) is 7.04. The van der Waals surface area contributed by atoms with Gasteiger partial charge in [0.25, 0.3) is 0 Å². The summed E-state index contributed by atoms with van der Waals surface area (Å²) in [6.07, 6.45) is 5.64. The van der Waals surface area contributed by atoms with Crippen LogP contribution in [-0.4, -0.2) is 24.6 Å². The summed E-state index contributed by atoms with van der Waals surface area (Å²) >= 11 is 0. The van der Waals surface area contributed by atoms with Crippen molar-refractivity contribution in [3.63, 3.8) is 0 Å². The number of pyridine rings is 1. The second-order valence-electron chi connectivity index (χ2n) is 5.62. The molecule has 4 nitrogen and oxygen atoms in total. The molecule has 0 bridgehead atoms. The molecule has 0 amide bonds. The lowest BCUT2D eigenvalue weighted by Gasteiger charge is -2.33. The Bertz CT molecular complexity index is 518. The zero-order chi connectivity index (χ0) is 13.2. The molecule has 0 spiro atoms. The van der Waals surface area contributed by atoms with Gasteiger partial charge >= 0.3 is 0 Å². The maximum Gasteiger partial charge on any atom is 0.146 e. The van der Waals surface area contributed by atoms with Crippen molar-refractivity contribution in [3.05, 3.63) is 22.9 Å². The van der Waals surface area contributed by atoms with E-state index >= 15 is 0 Å². The fourth-order valence-corrected chi connectivity index (χ4v) is 3.23. The van der Waals surface area contributed by atoms with Crippen molar-refractivity contribution in [2.24, 2.45) is 11.7 Å². The highest BCUT2D eigenvalue weighted by molar-refractivity contribution is 5.57. The Labute approximate surface area is 114 Å². The molecule has 0 saturated carbocycles. The SMILES string of the molecule is N#Cc1cc2c(nc1N1CCCC(CN)C1)CCC2. The maximum absolute atomic E-state index is 9.36. The lowest BCUT2D eigenvalue weighted by atomic mass is 9.98. The third-order valence-electron chi connectivity index (χ3n) is 4.30. The van der Waals surface area contributed by atoms with E-state index in [1.54, 1.807) is 0 Å².